The lowest BCUT2D eigenvalue weighted by Gasteiger charge is -2.27. The van der Waals surface area contributed by atoms with Crippen LogP contribution in [0.25, 0.3) is 0 Å². The van der Waals surface area contributed by atoms with Crippen molar-refractivity contribution in [1.82, 2.24) is 0 Å². The van der Waals surface area contributed by atoms with Crippen LogP contribution in [0.2, 0.25) is 0 Å². The summed E-state index contributed by atoms with van der Waals surface area (Å²) in [6.07, 6.45) is 3.99. The van der Waals surface area contributed by atoms with Crippen molar-refractivity contribution >= 4 is 17.8 Å². The molecule has 0 saturated heterocycles. The number of aliphatic imine (C=N–C) groups is 2. The third kappa shape index (κ3) is 7.45. The second-order valence-electron chi connectivity index (χ2n) is 7.73. The quantitative estimate of drug-likeness (QED) is 0.515. The van der Waals surface area contributed by atoms with Crippen molar-refractivity contribution in [3.8, 4) is 0 Å². The van der Waals surface area contributed by atoms with Crippen molar-refractivity contribution in [2.45, 2.75) is 84.4 Å². The van der Waals surface area contributed by atoms with Gasteiger partial charge < -0.3 is 14.2 Å². The zero-order valence-electron chi connectivity index (χ0n) is 16.8. The second-order valence-corrected chi connectivity index (χ2v) is 7.73. The number of hydrogen-bond donors (Lipinski definition) is 0. The molecule has 0 aliphatic carbocycles. The molecular weight excluding hydrogens is 320 g/mol. The van der Waals surface area contributed by atoms with Crippen molar-refractivity contribution in [3.05, 3.63) is 0 Å². The number of hydrogen-bond acceptors (Lipinski definition) is 6. The first-order valence-corrected chi connectivity index (χ1v) is 9.13. The summed E-state index contributed by atoms with van der Waals surface area (Å²) in [5.41, 5.74) is -0.415. The van der Waals surface area contributed by atoms with Crippen molar-refractivity contribution < 1.29 is 19.0 Å². The number of ether oxygens (including phenoxy) is 3. The highest BCUT2D eigenvalue weighted by molar-refractivity contribution is 5.94. The first-order chi connectivity index (χ1) is 11.7. The molecule has 0 spiro atoms. The van der Waals surface area contributed by atoms with Crippen LogP contribution >= 0.6 is 0 Å². The number of rotatable bonds is 7. The molecule has 144 valence electrons. The van der Waals surface area contributed by atoms with E-state index < -0.39 is 5.60 Å². The molecule has 1 rings (SSSR count). The zero-order chi connectivity index (χ0) is 19.0. The topological polar surface area (TPSA) is 69.5 Å². The number of esters is 1. The van der Waals surface area contributed by atoms with Crippen LogP contribution in [-0.4, -0.2) is 49.7 Å². The van der Waals surface area contributed by atoms with Crippen molar-refractivity contribution in [1.29, 1.82) is 0 Å². The summed E-state index contributed by atoms with van der Waals surface area (Å²) in [6, 6.07) is -0.181. The summed E-state index contributed by atoms with van der Waals surface area (Å²) in [6.45, 7) is 9.83. The first kappa shape index (κ1) is 21.5. The third-order valence-corrected chi connectivity index (χ3v) is 3.92. The van der Waals surface area contributed by atoms with Gasteiger partial charge in [-0.15, -0.1) is 0 Å². The molecule has 1 heterocycles. The predicted molar refractivity (Wildman–Crippen MR) is 100 cm³/mol. The predicted octanol–water partition coefficient (Wildman–Crippen LogP) is 3.78. The van der Waals surface area contributed by atoms with Gasteiger partial charge >= 0.3 is 5.97 Å². The van der Waals surface area contributed by atoms with Gasteiger partial charge in [-0.25, -0.2) is 9.98 Å². The normalized spacial score (nSPS) is 20.8. The maximum Gasteiger partial charge on any atom is 0.306 e. The van der Waals surface area contributed by atoms with E-state index in [0.717, 1.165) is 25.7 Å². The Balaban J connectivity index is 2.44. The van der Waals surface area contributed by atoms with Crippen LogP contribution in [0.1, 0.15) is 66.7 Å². The molecule has 0 saturated carbocycles. The van der Waals surface area contributed by atoms with Gasteiger partial charge in [0.2, 0.25) is 11.8 Å². The maximum absolute atomic E-state index is 11.7. The standard InChI is InChI=1S/C19H34N2O4/c1-13(2)16-18(24-7)20-14(17(21-16)23-6)11-9-8-10-12-15(22)25-19(3,4)5/h13-14,16H,8-12H2,1-7H3. The Morgan fingerprint density at radius 2 is 1.68 bits per heavy atom. The molecular formula is C19H34N2O4. The number of nitrogens with zero attached hydrogens (tertiary/aromatic N) is 2. The van der Waals surface area contributed by atoms with E-state index >= 15 is 0 Å². The van der Waals surface area contributed by atoms with Crippen LogP contribution in [0.15, 0.2) is 9.98 Å². The number of carbonyl (C=O) groups is 1. The molecule has 0 N–H and O–H groups in total. The molecule has 0 radical (unpaired) electrons. The lowest BCUT2D eigenvalue weighted by molar-refractivity contribution is -0.154. The van der Waals surface area contributed by atoms with Gasteiger partial charge in [0.1, 0.15) is 17.7 Å². The van der Waals surface area contributed by atoms with E-state index in [1.807, 2.05) is 20.8 Å². The minimum absolute atomic E-state index is 0.0802. The summed E-state index contributed by atoms with van der Waals surface area (Å²) in [5.74, 6) is 1.52. The van der Waals surface area contributed by atoms with E-state index in [0.29, 0.717) is 24.1 Å². The van der Waals surface area contributed by atoms with Gasteiger partial charge in [-0.2, -0.15) is 0 Å². The average molecular weight is 354 g/mol. The molecule has 1 aliphatic rings. The van der Waals surface area contributed by atoms with Gasteiger partial charge in [0.05, 0.1) is 14.2 Å². The molecule has 6 heteroatoms. The SMILES string of the molecule is COC1=NC(C(C)C)C(OC)=NC1CCCCCC(=O)OC(C)(C)C. The molecule has 0 amide bonds. The summed E-state index contributed by atoms with van der Waals surface area (Å²) in [7, 11) is 3.28. The van der Waals surface area contributed by atoms with Gasteiger partial charge in [0.25, 0.3) is 0 Å². The van der Waals surface area contributed by atoms with E-state index in [1.165, 1.54) is 0 Å². The maximum atomic E-state index is 11.7. The highest BCUT2D eigenvalue weighted by atomic mass is 16.6. The lowest BCUT2D eigenvalue weighted by Crippen LogP contribution is -2.37. The molecule has 25 heavy (non-hydrogen) atoms. The smallest absolute Gasteiger partial charge is 0.306 e. The molecule has 2 atom stereocenters. The molecule has 1 aliphatic heterocycles. The van der Waals surface area contributed by atoms with E-state index in [4.69, 9.17) is 14.2 Å². The van der Waals surface area contributed by atoms with Crippen LogP contribution in [0.5, 0.6) is 0 Å². The van der Waals surface area contributed by atoms with Crippen LogP contribution in [0.3, 0.4) is 0 Å². The zero-order valence-corrected chi connectivity index (χ0v) is 16.8. The third-order valence-electron chi connectivity index (χ3n) is 3.92. The summed E-state index contributed by atoms with van der Waals surface area (Å²) in [5, 5.41) is 0. The number of carbonyl (C=O) groups excluding carboxylic acids is 1. The Kier molecular flexibility index (Phi) is 8.39. The summed E-state index contributed by atoms with van der Waals surface area (Å²) < 4.78 is 16.2. The fourth-order valence-electron chi connectivity index (χ4n) is 2.72. The Morgan fingerprint density at radius 3 is 2.20 bits per heavy atom. The van der Waals surface area contributed by atoms with Gasteiger partial charge in [-0.05, 0) is 39.5 Å². The Morgan fingerprint density at radius 1 is 1.04 bits per heavy atom. The minimum atomic E-state index is -0.415. The summed E-state index contributed by atoms with van der Waals surface area (Å²) in [4.78, 5) is 21.1. The Bertz CT molecular complexity index is 492. The van der Waals surface area contributed by atoms with E-state index in [2.05, 4.69) is 23.8 Å². The van der Waals surface area contributed by atoms with Crippen LogP contribution in [-0.2, 0) is 19.0 Å². The number of unbranched alkanes of at least 4 members (excludes halogenated alkanes) is 2. The fourth-order valence-corrected chi connectivity index (χ4v) is 2.72. The van der Waals surface area contributed by atoms with Crippen LogP contribution in [0.4, 0.5) is 0 Å². The van der Waals surface area contributed by atoms with Gasteiger partial charge in [-0.1, -0.05) is 26.7 Å². The van der Waals surface area contributed by atoms with E-state index in [-0.39, 0.29) is 18.1 Å². The molecule has 0 aromatic heterocycles. The molecule has 0 aromatic carbocycles. The average Bonchev–Trinajstić information content (AvgIpc) is 2.51. The fraction of sp³-hybridized carbons (Fsp3) is 0.842. The summed E-state index contributed by atoms with van der Waals surface area (Å²) >= 11 is 0. The minimum Gasteiger partial charge on any atom is -0.483 e. The van der Waals surface area contributed by atoms with E-state index in [1.54, 1.807) is 14.2 Å². The molecule has 0 aromatic rings. The molecule has 0 bridgehead atoms. The van der Waals surface area contributed by atoms with Crippen LogP contribution in [0, 0.1) is 5.92 Å². The van der Waals surface area contributed by atoms with E-state index in [9.17, 15) is 4.79 Å². The van der Waals surface area contributed by atoms with Gasteiger partial charge in [0.15, 0.2) is 0 Å². The highest BCUT2D eigenvalue weighted by Crippen LogP contribution is 2.21. The first-order valence-electron chi connectivity index (χ1n) is 9.13. The Hall–Kier alpha value is -1.59. The van der Waals surface area contributed by atoms with Crippen molar-refractivity contribution in [2.75, 3.05) is 14.2 Å². The van der Waals surface area contributed by atoms with Gasteiger partial charge in [-0.3, -0.25) is 4.79 Å². The Labute approximate surface area is 152 Å². The molecule has 2 unspecified atom stereocenters. The second kappa shape index (κ2) is 9.78. The highest BCUT2D eigenvalue weighted by Gasteiger charge is 2.30. The molecule has 0 fully saturated rings. The van der Waals surface area contributed by atoms with Crippen molar-refractivity contribution in [2.24, 2.45) is 15.9 Å². The van der Waals surface area contributed by atoms with Crippen LogP contribution < -0.4 is 0 Å². The monoisotopic (exact) mass is 354 g/mol. The van der Waals surface area contributed by atoms with Crippen molar-refractivity contribution in [3.63, 3.8) is 0 Å². The lowest BCUT2D eigenvalue weighted by atomic mass is 10.0. The molecule has 6 nitrogen and oxygen atoms in total. The largest absolute Gasteiger partial charge is 0.483 e. The van der Waals surface area contributed by atoms with Gasteiger partial charge in [0, 0.05) is 6.42 Å². The number of methoxy groups -OCH3 is 2.